The summed E-state index contributed by atoms with van der Waals surface area (Å²) in [7, 11) is 0. The normalized spacial score (nSPS) is 10.2. The van der Waals surface area contributed by atoms with Crippen molar-refractivity contribution in [1.82, 2.24) is 0 Å². The average Bonchev–Trinajstić information content (AvgIpc) is 2.82. The molecule has 0 saturated heterocycles. The first-order valence-corrected chi connectivity index (χ1v) is 7.70. The van der Waals surface area contributed by atoms with Gasteiger partial charge >= 0.3 is 11.9 Å². The summed E-state index contributed by atoms with van der Waals surface area (Å²) in [6.07, 6.45) is 0. The number of carboxylic acids is 2. The molecule has 2 aromatic rings. The molecule has 1 amide bonds. The smallest absolute Gasteiger partial charge is 0.349 e. The van der Waals surface area contributed by atoms with E-state index < -0.39 is 18.5 Å². The van der Waals surface area contributed by atoms with Crippen molar-refractivity contribution in [2.75, 3.05) is 11.9 Å². The molecule has 0 bridgehead atoms. The number of nitrogens with one attached hydrogen (secondary N) is 1. The number of amides is 1. The largest absolute Gasteiger partial charge is 0.480 e. The fraction of sp³-hybridized carbons (Fsp3) is 0.188. The molecule has 3 N–H and O–H groups in total. The molecule has 2 rings (SSSR count). The Morgan fingerprint density at radius 1 is 1.25 bits per heavy atom. The monoisotopic (exact) mass is 349 g/mol. The van der Waals surface area contributed by atoms with Crippen LogP contribution in [0.4, 0.5) is 5.69 Å². The maximum absolute atomic E-state index is 11.4. The molecule has 1 aromatic carbocycles. The third-order valence-corrected chi connectivity index (χ3v) is 4.38. The summed E-state index contributed by atoms with van der Waals surface area (Å²) in [6, 6.07) is 6.94. The zero-order valence-electron chi connectivity index (χ0n) is 13.0. The first kappa shape index (κ1) is 17.5. The number of aromatic carboxylic acids is 1. The summed E-state index contributed by atoms with van der Waals surface area (Å²) in [5, 5.41) is 20.7. The minimum absolute atomic E-state index is 0.0508. The molecular weight excluding hydrogens is 334 g/mol. The number of carboxylic acid groups (broad SMARTS) is 2. The molecule has 7 nitrogen and oxygen atoms in total. The number of hydrogen-bond acceptors (Lipinski definition) is 5. The van der Waals surface area contributed by atoms with Crippen LogP contribution in [0.2, 0.25) is 0 Å². The van der Waals surface area contributed by atoms with Crippen LogP contribution in [0.15, 0.2) is 24.3 Å². The fourth-order valence-corrected chi connectivity index (χ4v) is 3.25. The molecule has 126 valence electrons. The number of benzene rings is 1. The maximum Gasteiger partial charge on any atom is 0.349 e. The van der Waals surface area contributed by atoms with Crippen LogP contribution in [0.5, 0.6) is 5.75 Å². The van der Waals surface area contributed by atoms with Crippen LogP contribution in [0, 0.1) is 6.92 Å². The van der Waals surface area contributed by atoms with Crippen LogP contribution in [0.25, 0.3) is 10.4 Å². The molecular formula is C16H15NO6S. The van der Waals surface area contributed by atoms with Gasteiger partial charge in [0.05, 0.1) is 0 Å². The van der Waals surface area contributed by atoms with Crippen molar-refractivity contribution in [2.45, 2.75) is 13.8 Å². The van der Waals surface area contributed by atoms with Gasteiger partial charge in [0.1, 0.15) is 5.75 Å². The quantitative estimate of drug-likeness (QED) is 0.739. The summed E-state index contributed by atoms with van der Waals surface area (Å²) >= 11 is 0.996. The van der Waals surface area contributed by atoms with E-state index in [1.54, 1.807) is 31.2 Å². The van der Waals surface area contributed by atoms with Crippen LogP contribution in [0.1, 0.15) is 22.2 Å². The molecule has 0 unspecified atom stereocenters. The molecule has 0 aliphatic heterocycles. The molecule has 0 atom stereocenters. The Morgan fingerprint density at radius 2 is 1.96 bits per heavy atom. The molecule has 0 spiro atoms. The van der Waals surface area contributed by atoms with Crippen molar-refractivity contribution < 1.29 is 29.3 Å². The van der Waals surface area contributed by atoms with E-state index in [2.05, 4.69) is 5.32 Å². The van der Waals surface area contributed by atoms with Gasteiger partial charge in [0.25, 0.3) is 0 Å². The van der Waals surface area contributed by atoms with E-state index in [1.807, 2.05) is 0 Å². The average molecular weight is 349 g/mol. The second-order valence-corrected chi connectivity index (χ2v) is 5.98. The van der Waals surface area contributed by atoms with Crippen LogP contribution < -0.4 is 10.1 Å². The summed E-state index contributed by atoms with van der Waals surface area (Å²) < 4.78 is 5.15. The molecule has 0 fully saturated rings. The van der Waals surface area contributed by atoms with Crippen LogP contribution >= 0.6 is 11.3 Å². The van der Waals surface area contributed by atoms with Crippen LogP contribution in [-0.4, -0.2) is 34.7 Å². The minimum atomic E-state index is -1.19. The van der Waals surface area contributed by atoms with Crippen LogP contribution in [0.3, 0.4) is 0 Å². The lowest BCUT2D eigenvalue weighted by molar-refractivity contribution is -0.139. The Kier molecular flexibility index (Phi) is 5.20. The van der Waals surface area contributed by atoms with Crippen molar-refractivity contribution in [3.05, 3.63) is 34.7 Å². The lowest BCUT2D eigenvalue weighted by Crippen LogP contribution is -2.11. The molecule has 0 aliphatic carbocycles. The lowest BCUT2D eigenvalue weighted by atomic mass is 10.1. The SMILES string of the molecule is CC(=O)Nc1cccc(-c2sc(C(=O)O)c(OCC(=O)O)c2C)c1. The van der Waals surface area contributed by atoms with Gasteiger partial charge in [-0.1, -0.05) is 12.1 Å². The zero-order chi connectivity index (χ0) is 17.9. The van der Waals surface area contributed by atoms with Crippen molar-refractivity contribution in [2.24, 2.45) is 0 Å². The third kappa shape index (κ3) is 3.90. The number of anilines is 1. The number of ether oxygens (including phenoxy) is 1. The molecule has 1 aromatic heterocycles. The van der Waals surface area contributed by atoms with E-state index in [-0.39, 0.29) is 16.5 Å². The number of rotatable bonds is 6. The van der Waals surface area contributed by atoms with Gasteiger partial charge in [-0.2, -0.15) is 0 Å². The Morgan fingerprint density at radius 3 is 2.54 bits per heavy atom. The number of carbonyl (C=O) groups is 3. The first-order valence-electron chi connectivity index (χ1n) is 6.89. The van der Waals surface area contributed by atoms with Gasteiger partial charge in [-0.05, 0) is 24.6 Å². The third-order valence-electron chi connectivity index (χ3n) is 3.07. The predicted octanol–water partition coefficient (Wildman–Crippen LogP) is 2.84. The number of aliphatic carboxylic acids is 1. The number of thiophene rings is 1. The molecule has 0 radical (unpaired) electrons. The predicted molar refractivity (Wildman–Crippen MR) is 88.9 cm³/mol. The van der Waals surface area contributed by atoms with E-state index in [0.29, 0.717) is 21.7 Å². The molecule has 0 saturated carbocycles. The van der Waals surface area contributed by atoms with E-state index in [1.165, 1.54) is 6.92 Å². The number of hydrogen-bond donors (Lipinski definition) is 3. The van der Waals surface area contributed by atoms with Crippen molar-refractivity contribution in [3.63, 3.8) is 0 Å². The van der Waals surface area contributed by atoms with Gasteiger partial charge in [-0.3, -0.25) is 4.79 Å². The standard InChI is InChI=1S/C16H15NO6S/c1-8-13(23-7-12(19)20)15(16(21)22)24-14(8)10-4-3-5-11(6-10)17-9(2)18/h3-6H,7H2,1-2H3,(H,17,18)(H,19,20)(H,21,22). The molecule has 24 heavy (non-hydrogen) atoms. The highest BCUT2D eigenvalue weighted by atomic mass is 32.1. The van der Waals surface area contributed by atoms with E-state index in [4.69, 9.17) is 9.84 Å². The van der Waals surface area contributed by atoms with Gasteiger partial charge in [-0.15, -0.1) is 11.3 Å². The van der Waals surface area contributed by atoms with Crippen molar-refractivity contribution in [1.29, 1.82) is 0 Å². The van der Waals surface area contributed by atoms with Crippen LogP contribution in [-0.2, 0) is 9.59 Å². The Bertz CT molecular complexity index is 811. The highest BCUT2D eigenvalue weighted by Gasteiger charge is 2.23. The maximum atomic E-state index is 11.4. The number of carbonyl (C=O) groups excluding carboxylic acids is 1. The Hall–Kier alpha value is -2.87. The second kappa shape index (κ2) is 7.14. The summed E-state index contributed by atoms with van der Waals surface area (Å²) in [6.45, 7) is 2.44. The highest BCUT2D eigenvalue weighted by Crippen LogP contribution is 2.41. The minimum Gasteiger partial charge on any atom is -0.480 e. The summed E-state index contributed by atoms with van der Waals surface area (Å²) in [5.74, 6) is -2.54. The van der Waals surface area contributed by atoms with E-state index in [9.17, 15) is 19.5 Å². The fourth-order valence-electron chi connectivity index (χ4n) is 2.16. The molecule has 0 aliphatic rings. The van der Waals surface area contributed by atoms with Gasteiger partial charge < -0.3 is 20.3 Å². The van der Waals surface area contributed by atoms with E-state index in [0.717, 1.165) is 11.3 Å². The second-order valence-electron chi connectivity index (χ2n) is 4.96. The van der Waals surface area contributed by atoms with Gasteiger partial charge in [-0.25, -0.2) is 9.59 Å². The summed E-state index contributed by atoms with van der Waals surface area (Å²) in [4.78, 5) is 33.8. The topological polar surface area (TPSA) is 113 Å². The van der Waals surface area contributed by atoms with Gasteiger partial charge in [0.15, 0.2) is 11.5 Å². The Labute approximate surface area is 141 Å². The van der Waals surface area contributed by atoms with Gasteiger partial charge in [0.2, 0.25) is 5.91 Å². The summed E-state index contributed by atoms with van der Waals surface area (Å²) in [5.41, 5.74) is 1.83. The van der Waals surface area contributed by atoms with E-state index >= 15 is 0 Å². The zero-order valence-corrected chi connectivity index (χ0v) is 13.8. The lowest BCUT2D eigenvalue weighted by Gasteiger charge is -2.06. The molecule has 1 heterocycles. The highest BCUT2D eigenvalue weighted by molar-refractivity contribution is 7.18. The van der Waals surface area contributed by atoms with Gasteiger partial charge in [0, 0.05) is 23.1 Å². The van der Waals surface area contributed by atoms with Crippen molar-refractivity contribution in [3.8, 4) is 16.2 Å². The molecule has 8 heteroatoms. The Balaban J connectivity index is 2.47. The first-order chi connectivity index (χ1) is 11.3. The van der Waals surface area contributed by atoms with Crippen molar-refractivity contribution >= 4 is 34.9 Å².